The molecular weight excluding hydrogens is 436 g/mol. The van der Waals surface area contributed by atoms with Crippen LogP contribution < -0.4 is 0 Å². The molecule has 0 aliphatic heterocycles. The van der Waals surface area contributed by atoms with E-state index in [1.165, 1.54) is 21.8 Å². The van der Waals surface area contributed by atoms with Gasteiger partial charge in [0.25, 0.3) is 0 Å². The molecule has 0 atom stereocenters. The number of H-pyrrole nitrogens is 2. The van der Waals surface area contributed by atoms with Gasteiger partial charge in [-0.3, -0.25) is 10.2 Å². The number of phenolic OH excluding ortho intramolecular Hbond substituents is 1. The highest BCUT2D eigenvalue weighted by Crippen LogP contribution is 2.22. The van der Waals surface area contributed by atoms with Crippen LogP contribution >= 0.6 is 49.7 Å². The Morgan fingerprint density at radius 1 is 1.00 bits per heavy atom. The van der Waals surface area contributed by atoms with Crippen LogP contribution in [0, 0.1) is 16.5 Å². The van der Waals surface area contributed by atoms with Crippen molar-refractivity contribution in [2.24, 2.45) is 10.2 Å². The number of phenols is 1. The highest BCUT2D eigenvalue weighted by molar-refractivity contribution is 7.79. The molecule has 3 rings (SSSR count). The average molecular weight is 453 g/mol. The molecule has 28 heavy (non-hydrogen) atoms. The highest BCUT2D eigenvalue weighted by Gasteiger charge is 2.08. The fraction of sp³-hybridized carbons (Fsp3) is 0.200. The van der Waals surface area contributed by atoms with Crippen molar-refractivity contribution in [3.63, 3.8) is 0 Å². The second-order valence-corrected chi connectivity index (χ2v) is 7.02. The minimum atomic E-state index is 0.0166. The molecule has 3 N–H and O–H groups in total. The van der Waals surface area contributed by atoms with Crippen molar-refractivity contribution in [1.29, 1.82) is 0 Å². The van der Waals surface area contributed by atoms with Gasteiger partial charge in [-0.25, -0.2) is 0 Å². The van der Waals surface area contributed by atoms with E-state index in [1.807, 2.05) is 6.92 Å². The Morgan fingerprint density at radius 2 is 1.43 bits per heavy atom. The van der Waals surface area contributed by atoms with Crippen LogP contribution in [0.2, 0.25) is 0 Å². The van der Waals surface area contributed by atoms with Crippen LogP contribution in [0.5, 0.6) is 5.75 Å². The quantitative estimate of drug-likeness (QED) is 0.224. The lowest BCUT2D eigenvalue weighted by molar-refractivity contribution is 0.473. The third kappa shape index (κ3) is 4.27. The maximum Gasteiger partial charge on any atom is 0.216 e. The van der Waals surface area contributed by atoms with Gasteiger partial charge in [-0.15, -0.1) is 0 Å². The lowest BCUT2D eigenvalue weighted by atomic mass is 10.1. The molecular formula is C15H16N8OS4. The number of aryl methyl sites for hydroxylation is 1. The van der Waals surface area contributed by atoms with Crippen molar-refractivity contribution in [3.05, 3.63) is 50.0 Å². The first-order valence-electron chi connectivity index (χ1n) is 7.91. The van der Waals surface area contributed by atoms with Crippen molar-refractivity contribution in [3.8, 4) is 5.75 Å². The van der Waals surface area contributed by atoms with Crippen LogP contribution in [0.1, 0.15) is 28.3 Å². The zero-order valence-corrected chi connectivity index (χ0v) is 18.0. The number of hydrogen-bond acceptors (Lipinski definition) is 9. The number of aromatic hydroxyl groups is 1. The summed E-state index contributed by atoms with van der Waals surface area (Å²) in [5.74, 6) is 1.87. The molecule has 2 heterocycles. The molecule has 0 saturated carbocycles. The Balaban J connectivity index is 1.98. The molecule has 0 saturated heterocycles. The number of rotatable bonds is 6. The van der Waals surface area contributed by atoms with Gasteiger partial charge in [-0.2, -0.15) is 55.0 Å². The van der Waals surface area contributed by atoms with Gasteiger partial charge in [0.1, 0.15) is 5.75 Å². The number of nitrogens with one attached hydrogen (secondary N) is 2. The van der Waals surface area contributed by atoms with E-state index in [0.29, 0.717) is 43.8 Å². The summed E-state index contributed by atoms with van der Waals surface area (Å²) in [6.45, 7) is 1.90. The summed E-state index contributed by atoms with van der Waals surface area (Å²) >= 11 is 18.7. The summed E-state index contributed by atoms with van der Waals surface area (Å²) in [5.41, 5.74) is 1.91. The van der Waals surface area contributed by atoms with Crippen LogP contribution in [-0.2, 0) is 11.5 Å². The van der Waals surface area contributed by atoms with Gasteiger partial charge in [-0.05, 0) is 49.1 Å². The largest absolute Gasteiger partial charge is 0.507 e. The van der Waals surface area contributed by atoms with Gasteiger partial charge in [0, 0.05) is 11.1 Å². The first-order chi connectivity index (χ1) is 13.4. The topological polar surface area (TPSA) is 112 Å². The lowest BCUT2D eigenvalue weighted by Gasteiger charge is -2.06. The fourth-order valence-corrected chi connectivity index (χ4v) is 3.17. The van der Waals surface area contributed by atoms with E-state index in [1.54, 1.807) is 12.1 Å². The molecule has 9 nitrogen and oxygen atoms in total. The maximum atomic E-state index is 10.6. The normalized spacial score (nSPS) is 11.8. The molecule has 0 aliphatic carbocycles. The van der Waals surface area contributed by atoms with E-state index < -0.39 is 0 Å². The third-order valence-electron chi connectivity index (χ3n) is 3.66. The molecule has 0 unspecified atom stereocenters. The van der Waals surface area contributed by atoms with E-state index >= 15 is 0 Å². The average Bonchev–Trinajstić information content (AvgIpc) is 3.22. The van der Waals surface area contributed by atoms with E-state index in [-0.39, 0.29) is 5.75 Å². The van der Waals surface area contributed by atoms with Gasteiger partial charge < -0.3 is 5.11 Å². The standard InChI is InChI=1S/C15H16N8OS4/c1-8-2-9(4-16-22-11(6-25)18-20-14(22)27)13(24)10(3-8)5-17-23-12(7-26)19-21-15(23)28/h2-5,24-26H,6-7H2,1H3,(H,20,27)(H,21,28)/b16-4+,17-5+. The van der Waals surface area contributed by atoms with Crippen LogP contribution in [0.15, 0.2) is 22.3 Å². The number of aromatic amines is 2. The van der Waals surface area contributed by atoms with Gasteiger partial charge >= 0.3 is 0 Å². The smallest absolute Gasteiger partial charge is 0.216 e. The summed E-state index contributed by atoms with van der Waals surface area (Å²) in [5, 5.41) is 32.6. The van der Waals surface area contributed by atoms with Crippen LogP contribution in [0.4, 0.5) is 0 Å². The maximum absolute atomic E-state index is 10.6. The minimum absolute atomic E-state index is 0.0166. The Bertz CT molecular complexity index is 1080. The molecule has 13 heteroatoms. The zero-order valence-electron chi connectivity index (χ0n) is 14.6. The van der Waals surface area contributed by atoms with Crippen molar-refractivity contribution in [1.82, 2.24) is 29.7 Å². The van der Waals surface area contributed by atoms with Crippen molar-refractivity contribution in [2.75, 3.05) is 0 Å². The minimum Gasteiger partial charge on any atom is -0.507 e. The summed E-state index contributed by atoms with van der Waals surface area (Å²) in [6.07, 6.45) is 3.00. The zero-order chi connectivity index (χ0) is 20.3. The van der Waals surface area contributed by atoms with Crippen molar-refractivity contribution in [2.45, 2.75) is 18.4 Å². The Hall–Kier alpha value is -2.22. The number of aromatic nitrogens is 6. The number of nitrogens with zero attached hydrogens (tertiary/aromatic N) is 6. The van der Waals surface area contributed by atoms with Gasteiger partial charge in [-0.1, -0.05) is 0 Å². The predicted octanol–water partition coefficient (Wildman–Crippen LogP) is 2.83. The second kappa shape index (κ2) is 8.86. The van der Waals surface area contributed by atoms with Crippen molar-refractivity contribution >= 4 is 62.1 Å². The number of hydrogen-bond donors (Lipinski definition) is 5. The van der Waals surface area contributed by atoms with E-state index in [2.05, 4.69) is 55.9 Å². The number of benzene rings is 1. The monoisotopic (exact) mass is 452 g/mol. The van der Waals surface area contributed by atoms with E-state index in [0.717, 1.165) is 5.56 Å². The molecule has 1 aromatic carbocycles. The molecule has 0 radical (unpaired) electrons. The fourth-order valence-electron chi connectivity index (χ4n) is 2.36. The Morgan fingerprint density at radius 3 is 1.82 bits per heavy atom. The summed E-state index contributed by atoms with van der Waals surface area (Å²) in [6, 6.07) is 3.59. The highest BCUT2D eigenvalue weighted by atomic mass is 32.1. The van der Waals surface area contributed by atoms with E-state index in [4.69, 9.17) is 24.4 Å². The van der Waals surface area contributed by atoms with Gasteiger partial charge in [0.2, 0.25) is 9.54 Å². The lowest BCUT2D eigenvalue weighted by Crippen LogP contribution is -1.99. The van der Waals surface area contributed by atoms with Gasteiger partial charge in [0.05, 0.1) is 23.9 Å². The molecule has 0 spiro atoms. The van der Waals surface area contributed by atoms with Crippen LogP contribution in [-0.4, -0.2) is 47.3 Å². The molecule has 146 valence electrons. The van der Waals surface area contributed by atoms with Crippen molar-refractivity contribution < 1.29 is 5.11 Å². The Kier molecular flexibility index (Phi) is 6.49. The summed E-state index contributed by atoms with van der Waals surface area (Å²) in [7, 11) is 0. The first kappa shape index (κ1) is 20.5. The van der Waals surface area contributed by atoms with Crippen LogP contribution in [0.25, 0.3) is 0 Å². The van der Waals surface area contributed by atoms with Crippen LogP contribution in [0.3, 0.4) is 0 Å². The van der Waals surface area contributed by atoms with E-state index in [9.17, 15) is 5.11 Å². The number of thiol groups is 2. The molecule has 3 aromatic rings. The summed E-state index contributed by atoms with van der Waals surface area (Å²) < 4.78 is 3.56. The molecule has 2 aromatic heterocycles. The summed E-state index contributed by atoms with van der Waals surface area (Å²) in [4.78, 5) is 0. The third-order valence-corrected chi connectivity index (χ3v) is 4.75. The molecule has 0 amide bonds. The predicted molar refractivity (Wildman–Crippen MR) is 119 cm³/mol. The van der Waals surface area contributed by atoms with Gasteiger partial charge in [0.15, 0.2) is 11.6 Å². The SMILES string of the molecule is Cc1cc(/C=N/n2c(CS)n[nH]c2=S)c(O)c(/C=N/n2c(CS)n[nH]c2=S)c1. The second-order valence-electron chi connectivity index (χ2n) is 5.61. The molecule has 0 fully saturated rings. The first-order valence-corrected chi connectivity index (χ1v) is 9.99. The Labute approximate surface area is 181 Å². The molecule has 0 bridgehead atoms. The molecule has 0 aliphatic rings.